The highest BCUT2D eigenvalue weighted by Gasteiger charge is 2.22. The van der Waals surface area contributed by atoms with Crippen LogP contribution in [0.2, 0.25) is 15.1 Å². The molecule has 1 N–H and O–H groups in total. The van der Waals surface area contributed by atoms with Gasteiger partial charge >= 0.3 is 0 Å². The number of hydrogen-bond acceptors (Lipinski definition) is 3. The third kappa shape index (κ3) is 6.66. The Morgan fingerprint density at radius 1 is 1.07 bits per heavy atom. The predicted molar refractivity (Wildman–Crippen MR) is 110 cm³/mol. The van der Waals surface area contributed by atoms with Crippen molar-refractivity contribution in [2.45, 2.75) is 19.5 Å². The molecule has 27 heavy (non-hydrogen) atoms. The standard InChI is InChI=1S/C18H19Cl3N2O3S/c1-12(14-4-6-15(19)7-5-14)22-18(24)11-23(27(2,25)26)10-13-3-8-16(20)17(21)9-13/h3-9,12H,10-11H2,1-2H3,(H,22,24)/t12-/m0/s1. The summed E-state index contributed by atoms with van der Waals surface area (Å²) in [6.45, 7) is 1.51. The SMILES string of the molecule is C[C@H](NC(=O)CN(Cc1ccc(Cl)c(Cl)c1)S(C)(=O)=O)c1ccc(Cl)cc1. The molecule has 0 bridgehead atoms. The fraction of sp³-hybridized carbons (Fsp3) is 0.278. The second-order valence-corrected chi connectivity index (χ2v) is 9.35. The van der Waals surface area contributed by atoms with Crippen LogP contribution in [0.15, 0.2) is 42.5 Å². The lowest BCUT2D eigenvalue weighted by atomic mass is 10.1. The summed E-state index contributed by atoms with van der Waals surface area (Å²) in [7, 11) is -3.61. The molecule has 0 radical (unpaired) electrons. The molecule has 9 heteroatoms. The first kappa shape index (κ1) is 22.0. The highest BCUT2D eigenvalue weighted by atomic mass is 35.5. The van der Waals surface area contributed by atoms with Gasteiger partial charge in [0.2, 0.25) is 15.9 Å². The maximum Gasteiger partial charge on any atom is 0.235 e. The summed E-state index contributed by atoms with van der Waals surface area (Å²) in [5, 5.41) is 4.09. The Balaban J connectivity index is 2.07. The maximum absolute atomic E-state index is 12.4. The van der Waals surface area contributed by atoms with Gasteiger partial charge in [-0.2, -0.15) is 4.31 Å². The number of halogens is 3. The number of benzene rings is 2. The zero-order valence-electron chi connectivity index (χ0n) is 14.7. The van der Waals surface area contributed by atoms with Crippen LogP contribution in [0.1, 0.15) is 24.1 Å². The van der Waals surface area contributed by atoms with Gasteiger partial charge in [-0.25, -0.2) is 8.42 Å². The third-order valence-corrected chi connectivity index (χ3v) is 6.07. The topological polar surface area (TPSA) is 66.5 Å². The van der Waals surface area contributed by atoms with Crippen molar-refractivity contribution in [1.82, 2.24) is 9.62 Å². The molecule has 0 aliphatic carbocycles. The van der Waals surface area contributed by atoms with Gasteiger partial charge in [-0.3, -0.25) is 4.79 Å². The molecule has 2 rings (SSSR count). The van der Waals surface area contributed by atoms with Crippen LogP contribution in [0.4, 0.5) is 0 Å². The quantitative estimate of drug-likeness (QED) is 0.686. The number of carbonyl (C=O) groups excluding carboxylic acids is 1. The van der Waals surface area contributed by atoms with Crippen LogP contribution in [-0.2, 0) is 21.4 Å². The van der Waals surface area contributed by atoms with Crippen LogP contribution in [0.5, 0.6) is 0 Å². The molecule has 1 amide bonds. The van der Waals surface area contributed by atoms with Gasteiger partial charge in [0.05, 0.1) is 28.9 Å². The van der Waals surface area contributed by atoms with E-state index in [2.05, 4.69) is 5.32 Å². The fourth-order valence-electron chi connectivity index (χ4n) is 2.41. The monoisotopic (exact) mass is 448 g/mol. The summed E-state index contributed by atoms with van der Waals surface area (Å²) >= 11 is 17.7. The van der Waals surface area contributed by atoms with E-state index in [0.717, 1.165) is 16.1 Å². The summed E-state index contributed by atoms with van der Waals surface area (Å²) in [6.07, 6.45) is 1.06. The highest BCUT2D eigenvalue weighted by molar-refractivity contribution is 7.88. The Labute approximate surface area is 174 Å². The Kier molecular flexibility index (Phi) is 7.54. The van der Waals surface area contributed by atoms with Crippen molar-refractivity contribution < 1.29 is 13.2 Å². The lowest BCUT2D eigenvalue weighted by molar-refractivity contribution is -0.122. The van der Waals surface area contributed by atoms with Crippen molar-refractivity contribution in [2.75, 3.05) is 12.8 Å². The number of rotatable bonds is 7. The largest absolute Gasteiger partial charge is 0.348 e. The summed E-state index contributed by atoms with van der Waals surface area (Å²) in [5.41, 5.74) is 1.50. The van der Waals surface area contributed by atoms with Crippen LogP contribution in [0, 0.1) is 0 Å². The molecule has 0 heterocycles. The minimum atomic E-state index is -3.61. The minimum Gasteiger partial charge on any atom is -0.348 e. The molecule has 0 aromatic heterocycles. The van der Waals surface area contributed by atoms with E-state index in [1.54, 1.807) is 42.5 Å². The normalized spacial score (nSPS) is 12.8. The molecule has 0 aliphatic rings. The summed E-state index contributed by atoms with van der Waals surface area (Å²) in [5.74, 6) is -0.414. The second kappa shape index (κ2) is 9.26. The van der Waals surface area contributed by atoms with Crippen molar-refractivity contribution in [3.8, 4) is 0 Å². The number of hydrogen-bond donors (Lipinski definition) is 1. The number of carbonyl (C=O) groups is 1. The Hall–Kier alpha value is -1.31. The van der Waals surface area contributed by atoms with Crippen LogP contribution < -0.4 is 5.32 Å². The van der Waals surface area contributed by atoms with Crippen LogP contribution >= 0.6 is 34.8 Å². The van der Waals surface area contributed by atoms with Gasteiger partial charge < -0.3 is 5.32 Å². The van der Waals surface area contributed by atoms with Crippen LogP contribution in [-0.4, -0.2) is 31.4 Å². The van der Waals surface area contributed by atoms with E-state index in [4.69, 9.17) is 34.8 Å². The fourth-order valence-corrected chi connectivity index (χ4v) is 3.60. The van der Waals surface area contributed by atoms with E-state index in [-0.39, 0.29) is 19.1 Å². The molecule has 0 saturated carbocycles. The first-order chi connectivity index (χ1) is 12.6. The predicted octanol–water partition coefficient (Wildman–Crippen LogP) is 4.29. The van der Waals surface area contributed by atoms with Crippen LogP contribution in [0.3, 0.4) is 0 Å². The Morgan fingerprint density at radius 3 is 2.26 bits per heavy atom. The van der Waals surface area contributed by atoms with Gasteiger partial charge in [0.1, 0.15) is 0 Å². The molecular formula is C18H19Cl3N2O3S. The second-order valence-electron chi connectivity index (χ2n) is 6.12. The summed E-state index contributed by atoms with van der Waals surface area (Å²) < 4.78 is 25.3. The Morgan fingerprint density at radius 2 is 1.70 bits per heavy atom. The molecular weight excluding hydrogens is 431 g/mol. The number of amides is 1. The van der Waals surface area contributed by atoms with E-state index < -0.39 is 15.9 Å². The van der Waals surface area contributed by atoms with E-state index in [0.29, 0.717) is 20.6 Å². The zero-order chi connectivity index (χ0) is 20.2. The highest BCUT2D eigenvalue weighted by Crippen LogP contribution is 2.23. The number of nitrogens with zero attached hydrogens (tertiary/aromatic N) is 1. The lowest BCUT2D eigenvalue weighted by Crippen LogP contribution is -2.40. The first-order valence-electron chi connectivity index (χ1n) is 8.00. The molecule has 1 atom stereocenters. The molecule has 0 saturated heterocycles. The number of sulfonamides is 1. The Bertz CT molecular complexity index is 918. The van der Waals surface area contributed by atoms with Gasteiger partial charge in [-0.15, -0.1) is 0 Å². The minimum absolute atomic E-state index is 0.0124. The summed E-state index contributed by atoms with van der Waals surface area (Å²) in [4.78, 5) is 12.4. The van der Waals surface area contributed by atoms with Crippen molar-refractivity contribution in [1.29, 1.82) is 0 Å². The van der Waals surface area contributed by atoms with Gasteiger partial charge in [0, 0.05) is 11.6 Å². The van der Waals surface area contributed by atoms with Crippen molar-refractivity contribution in [3.63, 3.8) is 0 Å². The van der Waals surface area contributed by atoms with Crippen molar-refractivity contribution in [3.05, 3.63) is 68.7 Å². The molecule has 0 spiro atoms. The lowest BCUT2D eigenvalue weighted by Gasteiger charge is -2.21. The van der Waals surface area contributed by atoms with E-state index in [1.807, 2.05) is 6.92 Å². The van der Waals surface area contributed by atoms with Gasteiger partial charge in [-0.05, 0) is 42.3 Å². The average Bonchev–Trinajstić information content (AvgIpc) is 2.57. The van der Waals surface area contributed by atoms with E-state index in [9.17, 15) is 13.2 Å². The first-order valence-corrected chi connectivity index (χ1v) is 11.0. The number of nitrogens with one attached hydrogen (secondary N) is 1. The van der Waals surface area contributed by atoms with Crippen LogP contribution in [0.25, 0.3) is 0 Å². The maximum atomic E-state index is 12.4. The van der Waals surface area contributed by atoms with Crippen molar-refractivity contribution in [2.24, 2.45) is 0 Å². The van der Waals surface area contributed by atoms with E-state index >= 15 is 0 Å². The molecule has 0 aliphatic heterocycles. The molecule has 0 fully saturated rings. The molecule has 146 valence electrons. The van der Waals surface area contributed by atoms with Gasteiger partial charge in [0.25, 0.3) is 0 Å². The van der Waals surface area contributed by atoms with Crippen molar-refractivity contribution >= 4 is 50.7 Å². The van der Waals surface area contributed by atoms with Gasteiger partial charge in [0.15, 0.2) is 0 Å². The zero-order valence-corrected chi connectivity index (χ0v) is 17.8. The molecule has 2 aromatic carbocycles. The average molecular weight is 450 g/mol. The smallest absolute Gasteiger partial charge is 0.235 e. The molecule has 2 aromatic rings. The van der Waals surface area contributed by atoms with E-state index in [1.165, 1.54) is 0 Å². The molecule has 0 unspecified atom stereocenters. The summed E-state index contributed by atoms with van der Waals surface area (Å²) in [6, 6.07) is 11.6. The molecule has 5 nitrogen and oxygen atoms in total. The third-order valence-electron chi connectivity index (χ3n) is 3.88. The van der Waals surface area contributed by atoms with Gasteiger partial charge in [-0.1, -0.05) is 53.0 Å².